The first-order valence-electron chi connectivity index (χ1n) is 14.1. The number of rotatable bonds is 8. The molecule has 2 saturated heterocycles. The van der Waals surface area contributed by atoms with Crippen LogP contribution in [0.15, 0.2) is 54.9 Å². The quantitative estimate of drug-likeness (QED) is 0.287. The minimum atomic E-state index is -0.0550. The molecule has 2 aliphatic heterocycles. The zero-order chi connectivity index (χ0) is 26.6. The molecule has 2 aliphatic rings. The molecule has 1 atom stereocenters. The Bertz CT molecular complexity index is 1480. The lowest BCUT2D eigenvalue weighted by Crippen LogP contribution is -2.24. The third-order valence-electron chi connectivity index (χ3n) is 7.81. The van der Waals surface area contributed by atoms with E-state index in [1.807, 2.05) is 24.0 Å². The predicted molar refractivity (Wildman–Crippen MR) is 162 cm³/mol. The van der Waals surface area contributed by atoms with Gasteiger partial charge in [-0.2, -0.15) is 10.2 Å². The van der Waals surface area contributed by atoms with Gasteiger partial charge in [0.05, 0.1) is 24.0 Å². The summed E-state index contributed by atoms with van der Waals surface area (Å²) in [7, 11) is 1.87. The average molecular weight is 541 g/mol. The maximum Gasteiger partial charge on any atom is 0.150 e. The maximum absolute atomic E-state index is 6.17. The molecular formula is C31H36N6OS. The molecule has 4 heterocycles. The highest BCUT2D eigenvalue weighted by molar-refractivity contribution is 7.80. The van der Waals surface area contributed by atoms with Crippen molar-refractivity contribution in [3.63, 3.8) is 0 Å². The molecule has 0 spiro atoms. The van der Waals surface area contributed by atoms with Gasteiger partial charge in [0.25, 0.3) is 0 Å². The molecule has 1 N–H and O–H groups in total. The summed E-state index contributed by atoms with van der Waals surface area (Å²) in [6.07, 6.45) is 14.1. The number of aromatic nitrogens is 4. The van der Waals surface area contributed by atoms with Gasteiger partial charge in [0, 0.05) is 42.9 Å². The van der Waals surface area contributed by atoms with Gasteiger partial charge >= 0.3 is 0 Å². The molecule has 0 bridgehead atoms. The first-order valence-corrected chi connectivity index (χ1v) is 14.5. The van der Waals surface area contributed by atoms with Crippen LogP contribution < -0.4 is 5.32 Å². The third kappa shape index (κ3) is 5.69. The van der Waals surface area contributed by atoms with E-state index < -0.39 is 0 Å². The number of fused-ring (bicyclic) bond motifs is 1. The Kier molecular flexibility index (Phi) is 7.85. The van der Waals surface area contributed by atoms with Crippen LogP contribution in [0, 0.1) is 0 Å². The van der Waals surface area contributed by atoms with Crippen molar-refractivity contribution in [3.05, 3.63) is 71.7 Å². The lowest BCUT2D eigenvalue weighted by Gasteiger charge is -2.23. The summed E-state index contributed by atoms with van der Waals surface area (Å²) in [6, 6.07) is 14.8. The van der Waals surface area contributed by atoms with Gasteiger partial charge in [0.2, 0.25) is 0 Å². The second-order valence-electron chi connectivity index (χ2n) is 10.4. The van der Waals surface area contributed by atoms with Crippen LogP contribution in [0.25, 0.3) is 34.2 Å². The summed E-state index contributed by atoms with van der Waals surface area (Å²) < 4.78 is 10.3. The Morgan fingerprint density at radius 3 is 2.77 bits per heavy atom. The Labute approximate surface area is 235 Å². The molecule has 0 aliphatic carbocycles. The van der Waals surface area contributed by atoms with E-state index in [9.17, 15) is 0 Å². The molecule has 202 valence electrons. The Balaban J connectivity index is 1.31. The van der Waals surface area contributed by atoms with E-state index in [-0.39, 0.29) is 6.23 Å². The monoisotopic (exact) mass is 540 g/mol. The summed E-state index contributed by atoms with van der Waals surface area (Å²) in [5.41, 5.74) is 6.34. The summed E-state index contributed by atoms with van der Waals surface area (Å²) >= 11 is 5.60. The van der Waals surface area contributed by atoms with Crippen LogP contribution in [-0.4, -0.2) is 62.7 Å². The number of ether oxygens (including phenoxy) is 1. The lowest BCUT2D eigenvalue weighted by atomic mass is 9.98. The molecule has 4 aromatic rings. The van der Waals surface area contributed by atoms with Crippen LogP contribution >= 0.6 is 12.2 Å². The van der Waals surface area contributed by atoms with Crippen molar-refractivity contribution < 1.29 is 4.74 Å². The number of hydrogen-bond acceptors (Lipinski definition) is 5. The molecule has 0 radical (unpaired) electrons. The zero-order valence-corrected chi connectivity index (χ0v) is 23.4. The van der Waals surface area contributed by atoms with Gasteiger partial charge in [0.1, 0.15) is 4.99 Å². The van der Waals surface area contributed by atoms with Gasteiger partial charge in [-0.25, -0.2) is 4.68 Å². The highest BCUT2D eigenvalue weighted by atomic mass is 32.1. The SMILES string of the molecule is CNC(=S)c1ccccc1-c1ccc2c(/C=C/c3cnn(CCN4CCCC4)c3)nn(C3CCCCO3)c2c1. The van der Waals surface area contributed by atoms with Gasteiger partial charge in [-0.15, -0.1) is 0 Å². The Morgan fingerprint density at radius 1 is 1.08 bits per heavy atom. The largest absolute Gasteiger partial charge is 0.379 e. The summed E-state index contributed by atoms with van der Waals surface area (Å²) in [5.74, 6) is 0. The average Bonchev–Trinajstić information content (AvgIpc) is 3.75. The lowest BCUT2D eigenvalue weighted by molar-refractivity contribution is -0.0367. The molecule has 6 rings (SSSR count). The van der Waals surface area contributed by atoms with Gasteiger partial charge in [-0.05, 0) is 80.6 Å². The minimum absolute atomic E-state index is 0.0550. The first kappa shape index (κ1) is 25.9. The summed E-state index contributed by atoms with van der Waals surface area (Å²) in [6.45, 7) is 5.18. The van der Waals surface area contributed by atoms with Gasteiger partial charge in [-0.3, -0.25) is 4.68 Å². The van der Waals surface area contributed by atoms with Crippen molar-refractivity contribution in [1.82, 2.24) is 29.8 Å². The molecule has 1 unspecified atom stereocenters. The van der Waals surface area contributed by atoms with Crippen LogP contribution in [-0.2, 0) is 11.3 Å². The molecule has 0 amide bonds. The van der Waals surface area contributed by atoms with E-state index in [1.165, 1.54) is 25.9 Å². The van der Waals surface area contributed by atoms with Crippen molar-refractivity contribution >= 4 is 40.3 Å². The number of benzene rings is 2. The van der Waals surface area contributed by atoms with E-state index in [2.05, 4.69) is 74.7 Å². The highest BCUT2D eigenvalue weighted by Gasteiger charge is 2.21. The fourth-order valence-electron chi connectivity index (χ4n) is 5.67. The van der Waals surface area contributed by atoms with Crippen molar-refractivity contribution in [2.75, 3.05) is 33.3 Å². The van der Waals surface area contributed by atoms with Crippen molar-refractivity contribution in [2.45, 2.75) is 44.9 Å². The molecule has 2 aromatic heterocycles. The van der Waals surface area contributed by atoms with Crippen molar-refractivity contribution in [3.8, 4) is 11.1 Å². The number of nitrogens with zero attached hydrogens (tertiary/aromatic N) is 5. The molecular weight excluding hydrogens is 504 g/mol. The summed E-state index contributed by atoms with van der Waals surface area (Å²) in [4.78, 5) is 3.25. The molecule has 8 heteroatoms. The fourth-order valence-corrected chi connectivity index (χ4v) is 5.85. The normalized spacial score (nSPS) is 18.3. The van der Waals surface area contributed by atoms with E-state index in [0.717, 1.165) is 82.8 Å². The molecule has 7 nitrogen and oxygen atoms in total. The number of likely N-dealkylation sites (tertiary alicyclic amines) is 1. The number of hydrogen-bond donors (Lipinski definition) is 1. The van der Waals surface area contributed by atoms with Crippen molar-refractivity contribution in [1.29, 1.82) is 0 Å². The molecule has 2 aromatic carbocycles. The van der Waals surface area contributed by atoms with Crippen LogP contribution in [0.1, 0.15) is 55.2 Å². The number of nitrogens with one attached hydrogen (secondary N) is 1. The predicted octanol–water partition coefficient (Wildman–Crippen LogP) is 5.76. The second-order valence-corrected chi connectivity index (χ2v) is 10.8. The van der Waals surface area contributed by atoms with Gasteiger partial charge in [0.15, 0.2) is 6.23 Å². The smallest absolute Gasteiger partial charge is 0.150 e. The van der Waals surface area contributed by atoms with Crippen LogP contribution in [0.4, 0.5) is 0 Å². The van der Waals surface area contributed by atoms with E-state index in [0.29, 0.717) is 0 Å². The van der Waals surface area contributed by atoms with Crippen molar-refractivity contribution in [2.24, 2.45) is 0 Å². The second kappa shape index (κ2) is 11.8. The Hall–Kier alpha value is -3.33. The minimum Gasteiger partial charge on any atom is -0.379 e. The van der Waals surface area contributed by atoms with Crippen LogP contribution in [0.2, 0.25) is 0 Å². The first-order chi connectivity index (χ1) is 19.2. The molecule has 2 fully saturated rings. The van der Waals surface area contributed by atoms with E-state index in [1.54, 1.807) is 0 Å². The standard InChI is InChI=1S/C31H36N6OS/c1-32-31(39)26-9-3-2-8-25(26)24-12-13-27-28(34-37(29(27)20-24)30-10-4-7-19-38-30)14-11-23-21-33-36(22-23)18-17-35-15-5-6-16-35/h2-3,8-9,11-14,20-22,30H,4-7,10,15-19H2,1H3,(H,32,39)/b14-11+. The molecule has 39 heavy (non-hydrogen) atoms. The third-order valence-corrected chi connectivity index (χ3v) is 8.23. The fraction of sp³-hybridized carbons (Fsp3) is 0.387. The van der Waals surface area contributed by atoms with E-state index >= 15 is 0 Å². The number of thiocarbonyl (C=S) groups is 1. The van der Waals surface area contributed by atoms with E-state index in [4.69, 9.17) is 22.1 Å². The zero-order valence-electron chi connectivity index (χ0n) is 22.6. The Morgan fingerprint density at radius 2 is 1.95 bits per heavy atom. The van der Waals surface area contributed by atoms with Gasteiger partial charge < -0.3 is 15.0 Å². The van der Waals surface area contributed by atoms with Crippen LogP contribution in [0.5, 0.6) is 0 Å². The summed E-state index contributed by atoms with van der Waals surface area (Å²) in [5, 5.41) is 13.9. The van der Waals surface area contributed by atoms with Gasteiger partial charge in [-0.1, -0.05) is 42.5 Å². The van der Waals surface area contributed by atoms with Crippen LogP contribution in [0.3, 0.4) is 0 Å². The maximum atomic E-state index is 6.17. The molecule has 0 saturated carbocycles. The highest BCUT2D eigenvalue weighted by Crippen LogP contribution is 2.33. The topological polar surface area (TPSA) is 60.1 Å².